The normalized spacial score (nSPS) is 28.6. The van der Waals surface area contributed by atoms with Gasteiger partial charge in [-0.15, -0.1) is 0 Å². The fourth-order valence-corrected chi connectivity index (χ4v) is 5.08. The molecule has 7 nitrogen and oxygen atoms in total. The van der Waals surface area contributed by atoms with Crippen LogP contribution in [0.25, 0.3) is 10.9 Å². The van der Waals surface area contributed by atoms with Crippen LogP contribution in [-0.2, 0) is 17.7 Å². The number of nitrogens with one attached hydrogen (secondary N) is 1. The molecule has 160 valence electrons. The van der Waals surface area contributed by atoms with Gasteiger partial charge in [0.05, 0.1) is 35.8 Å². The van der Waals surface area contributed by atoms with Gasteiger partial charge in [-0.25, -0.2) is 4.79 Å². The fraction of sp³-hybridized carbons (Fsp3) is 0.565. The minimum absolute atomic E-state index is 0.0177. The van der Waals surface area contributed by atoms with Crippen LogP contribution in [-0.4, -0.2) is 58.0 Å². The van der Waals surface area contributed by atoms with Crippen LogP contribution in [0.4, 0.5) is 4.79 Å². The Kier molecular flexibility index (Phi) is 5.25. The molecule has 1 unspecified atom stereocenters. The second kappa shape index (κ2) is 7.60. The first-order chi connectivity index (χ1) is 14.2. The summed E-state index contributed by atoms with van der Waals surface area (Å²) in [6.45, 7) is 7.00. The molecule has 1 aromatic heterocycles. The number of likely N-dealkylation sites (tertiary alicyclic amines) is 1. The monoisotopic (exact) mass is 410 g/mol. The number of rotatable bonds is 4. The summed E-state index contributed by atoms with van der Waals surface area (Å²) in [5.41, 5.74) is 2.36. The Bertz CT molecular complexity index is 1000. The van der Waals surface area contributed by atoms with Gasteiger partial charge >= 0.3 is 6.09 Å². The summed E-state index contributed by atoms with van der Waals surface area (Å²) in [5, 5.41) is 24.8. The Morgan fingerprint density at radius 3 is 2.80 bits per heavy atom. The lowest BCUT2D eigenvalue weighted by Crippen LogP contribution is -2.44. The van der Waals surface area contributed by atoms with E-state index in [1.807, 2.05) is 32.2 Å². The number of aromatic nitrogens is 1. The van der Waals surface area contributed by atoms with Gasteiger partial charge in [0.2, 0.25) is 0 Å². The molecule has 4 rings (SSSR count). The second-order valence-electron chi connectivity index (χ2n) is 9.11. The predicted octanol–water partition coefficient (Wildman–Crippen LogP) is 2.76. The molecule has 7 heteroatoms. The van der Waals surface area contributed by atoms with Gasteiger partial charge in [-0.05, 0) is 40.3 Å². The Labute approximate surface area is 177 Å². The van der Waals surface area contributed by atoms with Gasteiger partial charge in [-0.3, -0.25) is 4.90 Å². The van der Waals surface area contributed by atoms with E-state index >= 15 is 0 Å². The highest BCUT2D eigenvalue weighted by atomic mass is 16.6. The zero-order valence-corrected chi connectivity index (χ0v) is 18.1. The minimum Gasteiger partial charge on any atom is -0.447 e. The van der Waals surface area contributed by atoms with E-state index in [1.54, 1.807) is 13.8 Å². The molecule has 2 N–H and O–H groups in total. The number of ether oxygens (including phenoxy) is 1. The van der Waals surface area contributed by atoms with Gasteiger partial charge in [-0.2, -0.15) is 5.26 Å². The molecule has 2 aromatic rings. The molecule has 1 fully saturated rings. The number of alkyl carbamates (subject to hydrolysis) is 1. The standard InChI is InChI=1S/C23H30N4O3/c1-14(2)30-22(28)25-17-11-19-21(16(17)12-24)15-7-5-6-8-18(15)27(19)13-20-23(3,29)9-10-26(20)4/h5-8,14,16-17,20,29H,9-11,13H2,1-4H3,(H,25,28)/t16-,17?,20-,23-/m1/s1. The van der Waals surface area contributed by atoms with E-state index in [-0.39, 0.29) is 18.2 Å². The van der Waals surface area contributed by atoms with Gasteiger partial charge in [0.1, 0.15) is 0 Å². The largest absolute Gasteiger partial charge is 0.447 e. The quantitative estimate of drug-likeness (QED) is 0.809. The topological polar surface area (TPSA) is 90.5 Å². The molecule has 1 amide bonds. The summed E-state index contributed by atoms with van der Waals surface area (Å²) in [6.07, 6.45) is 0.592. The Hall–Kier alpha value is -2.56. The Morgan fingerprint density at radius 2 is 2.17 bits per heavy atom. The second-order valence-corrected chi connectivity index (χ2v) is 9.11. The van der Waals surface area contributed by atoms with Gasteiger partial charge in [0, 0.05) is 41.7 Å². The zero-order valence-electron chi connectivity index (χ0n) is 18.1. The third-order valence-corrected chi connectivity index (χ3v) is 6.61. The maximum absolute atomic E-state index is 12.2. The van der Waals surface area contributed by atoms with Crippen molar-refractivity contribution in [2.24, 2.45) is 0 Å². The van der Waals surface area contributed by atoms with Crippen molar-refractivity contribution >= 4 is 17.0 Å². The number of amides is 1. The van der Waals surface area contributed by atoms with Gasteiger partial charge in [-0.1, -0.05) is 18.2 Å². The van der Waals surface area contributed by atoms with Crippen LogP contribution in [0.2, 0.25) is 0 Å². The van der Waals surface area contributed by atoms with Crippen LogP contribution in [0.3, 0.4) is 0 Å². The molecule has 2 aliphatic rings. The Balaban J connectivity index is 1.72. The van der Waals surface area contributed by atoms with E-state index in [1.165, 1.54) is 0 Å². The lowest BCUT2D eigenvalue weighted by molar-refractivity contribution is 0.0190. The summed E-state index contributed by atoms with van der Waals surface area (Å²) in [4.78, 5) is 14.4. The van der Waals surface area contributed by atoms with Crippen molar-refractivity contribution in [3.05, 3.63) is 35.5 Å². The maximum Gasteiger partial charge on any atom is 0.407 e. The first-order valence-electron chi connectivity index (χ1n) is 10.6. The highest BCUT2D eigenvalue weighted by molar-refractivity contribution is 5.88. The van der Waals surface area contributed by atoms with E-state index in [9.17, 15) is 15.2 Å². The molecule has 1 aliphatic carbocycles. The number of carbonyl (C=O) groups is 1. The van der Waals surface area contributed by atoms with Crippen molar-refractivity contribution in [3.8, 4) is 6.07 Å². The number of nitrogens with zero attached hydrogens (tertiary/aromatic N) is 3. The SMILES string of the molecule is CC(C)OC(=O)NC1Cc2c(c3ccccc3n2C[C@H]2N(C)CC[C@@]2(C)O)[C@@H]1C#N. The average Bonchev–Trinajstić information content (AvgIpc) is 3.26. The molecule has 0 saturated carbocycles. The molecule has 0 spiro atoms. The van der Waals surface area contributed by atoms with E-state index in [4.69, 9.17) is 4.74 Å². The molecular formula is C23H30N4O3. The number of nitriles is 1. The van der Waals surface area contributed by atoms with Crippen molar-refractivity contribution in [2.45, 2.75) is 69.9 Å². The highest BCUT2D eigenvalue weighted by Gasteiger charge is 2.43. The van der Waals surface area contributed by atoms with Crippen molar-refractivity contribution < 1.29 is 14.6 Å². The van der Waals surface area contributed by atoms with E-state index in [2.05, 4.69) is 26.9 Å². The summed E-state index contributed by atoms with van der Waals surface area (Å²) in [5.74, 6) is -0.437. The summed E-state index contributed by atoms with van der Waals surface area (Å²) >= 11 is 0. The third-order valence-electron chi connectivity index (χ3n) is 6.61. The lowest BCUT2D eigenvalue weighted by atomic mass is 9.97. The highest BCUT2D eigenvalue weighted by Crippen LogP contribution is 2.41. The van der Waals surface area contributed by atoms with Crippen LogP contribution in [0.5, 0.6) is 0 Å². The molecule has 1 saturated heterocycles. The van der Waals surface area contributed by atoms with Gasteiger partial charge < -0.3 is 19.7 Å². The van der Waals surface area contributed by atoms with Crippen LogP contribution in [0, 0.1) is 11.3 Å². The molecule has 1 aromatic carbocycles. The zero-order chi connectivity index (χ0) is 21.6. The number of aliphatic hydroxyl groups is 1. The summed E-state index contributed by atoms with van der Waals surface area (Å²) < 4.78 is 7.48. The lowest BCUT2D eigenvalue weighted by Gasteiger charge is -2.30. The number of benzene rings is 1. The molecule has 0 bridgehead atoms. The summed E-state index contributed by atoms with van der Waals surface area (Å²) in [6, 6.07) is 10.2. The molecule has 2 heterocycles. The van der Waals surface area contributed by atoms with Crippen molar-refractivity contribution in [1.82, 2.24) is 14.8 Å². The van der Waals surface area contributed by atoms with E-state index in [0.29, 0.717) is 13.0 Å². The molecule has 30 heavy (non-hydrogen) atoms. The smallest absolute Gasteiger partial charge is 0.407 e. The molecule has 1 aliphatic heterocycles. The van der Waals surface area contributed by atoms with Crippen LogP contribution < -0.4 is 5.32 Å². The maximum atomic E-state index is 12.2. The van der Waals surface area contributed by atoms with Crippen LogP contribution in [0.1, 0.15) is 44.4 Å². The average molecular weight is 411 g/mol. The van der Waals surface area contributed by atoms with Crippen molar-refractivity contribution in [1.29, 1.82) is 5.26 Å². The van der Waals surface area contributed by atoms with Crippen LogP contribution >= 0.6 is 0 Å². The van der Waals surface area contributed by atoms with Gasteiger partial charge in [0.15, 0.2) is 0 Å². The van der Waals surface area contributed by atoms with Crippen molar-refractivity contribution in [3.63, 3.8) is 0 Å². The molecule has 0 radical (unpaired) electrons. The van der Waals surface area contributed by atoms with Crippen molar-refractivity contribution in [2.75, 3.05) is 13.6 Å². The van der Waals surface area contributed by atoms with Crippen LogP contribution in [0.15, 0.2) is 24.3 Å². The Morgan fingerprint density at radius 1 is 1.43 bits per heavy atom. The predicted molar refractivity (Wildman–Crippen MR) is 114 cm³/mol. The number of hydrogen-bond acceptors (Lipinski definition) is 5. The van der Waals surface area contributed by atoms with E-state index < -0.39 is 17.6 Å². The third kappa shape index (κ3) is 3.44. The number of likely N-dealkylation sites (N-methyl/N-ethyl adjacent to an activating group) is 1. The van der Waals surface area contributed by atoms with E-state index in [0.717, 1.165) is 35.1 Å². The first kappa shape index (κ1) is 20.7. The molecular weight excluding hydrogens is 380 g/mol. The number of para-hydroxylation sites is 1. The number of fused-ring (bicyclic) bond motifs is 3. The van der Waals surface area contributed by atoms with Gasteiger partial charge in [0.25, 0.3) is 0 Å². The minimum atomic E-state index is -0.765. The first-order valence-corrected chi connectivity index (χ1v) is 10.6. The summed E-state index contributed by atoms with van der Waals surface area (Å²) in [7, 11) is 2.04. The number of hydrogen-bond donors (Lipinski definition) is 2. The molecule has 4 atom stereocenters. The number of carbonyl (C=O) groups excluding carboxylic acids is 1. The fourth-order valence-electron chi connectivity index (χ4n) is 5.08.